The molecule has 2 saturated carbocycles. The summed E-state index contributed by atoms with van der Waals surface area (Å²) < 4.78 is 77.9. The highest BCUT2D eigenvalue weighted by Gasteiger charge is 2.37. The molecule has 3 rings (SSSR count). The largest absolute Gasteiger partial charge is 0.416 e. The number of nitrogens with one attached hydrogen (secondary N) is 2. The Morgan fingerprint density at radius 1 is 0.871 bits per heavy atom. The van der Waals surface area contributed by atoms with E-state index in [-0.39, 0.29) is 36.0 Å². The van der Waals surface area contributed by atoms with E-state index in [1.165, 1.54) is 12.8 Å². The fourth-order valence-electron chi connectivity index (χ4n) is 4.59. The molecule has 0 unspecified atom stereocenters. The van der Waals surface area contributed by atoms with E-state index in [0.29, 0.717) is 31.0 Å². The van der Waals surface area contributed by atoms with Crippen molar-refractivity contribution < 1.29 is 31.1 Å². The first-order chi connectivity index (χ1) is 14.4. The zero-order valence-electron chi connectivity index (χ0n) is 17.4. The topological polar surface area (TPSA) is 41.1 Å². The number of hydrogen-bond donors (Lipinski definition) is 2. The van der Waals surface area contributed by atoms with Gasteiger partial charge in [0.05, 0.1) is 11.1 Å². The van der Waals surface area contributed by atoms with Crippen molar-refractivity contribution in [3.05, 3.63) is 34.9 Å². The van der Waals surface area contributed by atoms with E-state index < -0.39 is 23.5 Å². The third-order valence-corrected chi connectivity index (χ3v) is 6.40. The quantitative estimate of drug-likeness (QED) is 0.567. The van der Waals surface area contributed by atoms with E-state index in [1.54, 1.807) is 0 Å². The Bertz CT molecular complexity index is 736. The molecule has 2 fully saturated rings. The average molecular weight is 450 g/mol. The van der Waals surface area contributed by atoms with Crippen LogP contribution in [0.25, 0.3) is 0 Å². The Morgan fingerprint density at radius 3 is 1.97 bits per heavy atom. The average Bonchev–Trinajstić information content (AvgIpc) is 3.15. The molecule has 2 aliphatic rings. The number of alkyl halides is 6. The Kier molecular flexibility index (Phi) is 7.23. The van der Waals surface area contributed by atoms with Crippen LogP contribution in [-0.2, 0) is 23.7 Å². The van der Waals surface area contributed by atoms with Crippen LogP contribution < -0.4 is 10.6 Å². The summed E-state index contributed by atoms with van der Waals surface area (Å²) in [6.07, 6.45) is -3.07. The van der Waals surface area contributed by atoms with E-state index in [4.69, 9.17) is 0 Å². The van der Waals surface area contributed by atoms with Gasteiger partial charge < -0.3 is 10.6 Å². The van der Waals surface area contributed by atoms with Crippen molar-refractivity contribution in [3.8, 4) is 0 Å². The Morgan fingerprint density at radius 2 is 1.42 bits per heavy atom. The van der Waals surface area contributed by atoms with Gasteiger partial charge in [-0.25, -0.2) is 0 Å². The summed E-state index contributed by atoms with van der Waals surface area (Å²) in [5.41, 5.74) is -2.98. The Hall–Kier alpha value is -1.77. The second kappa shape index (κ2) is 9.38. The lowest BCUT2D eigenvalue weighted by Crippen LogP contribution is -2.39. The van der Waals surface area contributed by atoms with E-state index in [1.807, 2.05) is 0 Å². The number of hydrogen-bond acceptors (Lipinski definition) is 2. The van der Waals surface area contributed by atoms with Crippen molar-refractivity contribution in [1.29, 1.82) is 0 Å². The highest BCUT2D eigenvalue weighted by atomic mass is 19.4. The second-order valence-electron chi connectivity index (χ2n) is 8.96. The lowest BCUT2D eigenvalue weighted by Gasteiger charge is -2.29. The van der Waals surface area contributed by atoms with Crippen LogP contribution in [0.1, 0.15) is 68.6 Å². The predicted octanol–water partition coefficient (Wildman–Crippen LogP) is 5.68. The van der Waals surface area contributed by atoms with Crippen LogP contribution in [0.2, 0.25) is 0 Å². The van der Waals surface area contributed by atoms with Gasteiger partial charge in [-0.3, -0.25) is 4.79 Å². The Labute approximate surface area is 178 Å². The molecular formula is C22H28F6N2O. The number of carbonyl (C=O) groups is 1. The molecular weight excluding hydrogens is 422 g/mol. The summed E-state index contributed by atoms with van der Waals surface area (Å²) in [7, 11) is 0. The molecule has 9 heteroatoms. The van der Waals surface area contributed by atoms with Gasteiger partial charge >= 0.3 is 12.4 Å². The van der Waals surface area contributed by atoms with E-state index in [0.717, 1.165) is 25.2 Å². The molecule has 2 aliphatic carbocycles. The minimum Gasteiger partial charge on any atom is -0.352 e. The third kappa shape index (κ3) is 6.60. The van der Waals surface area contributed by atoms with Crippen molar-refractivity contribution in [2.24, 2.45) is 11.8 Å². The van der Waals surface area contributed by atoms with Crippen LogP contribution in [0.4, 0.5) is 26.3 Å². The van der Waals surface area contributed by atoms with Gasteiger partial charge in [-0.2, -0.15) is 26.3 Å². The summed E-state index contributed by atoms with van der Waals surface area (Å²) in [6, 6.07) is 2.07. The van der Waals surface area contributed by atoms with Gasteiger partial charge in [-0.1, -0.05) is 6.92 Å². The number of halogens is 6. The van der Waals surface area contributed by atoms with Gasteiger partial charge in [0, 0.05) is 24.5 Å². The van der Waals surface area contributed by atoms with Crippen LogP contribution in [-0.4, -0.2) is 18.0 Å². The monoisotopic (exact) mass is 450 g/mol. The summed E-state index contributed by atoms with van der Waals surface area (Å²) >= 11 is 0. The maximum atomic E-state index is 13.0. The SMILES string of the molecule is CC1CCC(N[C@@H]2CC[C@H](C(=O)NCc3cc(C(F)(F)F)cc(C(F)(F)F)c3)C2)CC1. The molecule has 0 spiro atoms. The third-order valence-electron chi connectivity index (χ3n) is 6.40. The number of amides is 1. The van der Waals surface area contributed by atoms with E-state index >= 15 is 0 Å². The smallest absolute Gasteiger partial charge is 0.352 e. The first-order valence-corrected chi connectivity index (χ1v) is 10.7. The maximum absolute atomic E-state index is 13.0. The molecule has 0 radical (unpaired) electrons. The highest BCUT2D eigenvalue weighted by Crippen LogP contribution is 2.36. The summed E-state index contributed by atoms with van der Waals surface area (Å²) in [6.45, 7) is 1.87. The molecule has 2 N–H and O–H groups in total. The zero-order chi connectivity index (χ0) is 22.8. The maximum Gasteiger partial charge on any atom is 0.416 e. The first kappa shape index (κ1) is 23.9. The molecule has 31 heavy (non-hydrogen) atoms. The van der Waals surface area contributed by atoms with Crippen LogP contribution >= 0.6 is 0 Å². The predicted molar refractivity (Wildman–Crippen MR) is 104 cm³/mol. The van der Waals surface area contributed by atoms with Gasteiger partial charge in [0.25, 0.3) is 0 Å². The molecule has 1 aromatic carbocycles. The van der Waals surface area contributed by atoms with Gasteiger partial charge in [0.2, 0.25) is 5.91 Å². The van der Waals surface area contributed by atoms with Crippen LogP contribution in [0.5, 0.6) is 0 Å². The minimum atomic E-state index is -4.90. The van der Waals surface area contributed by atoms with Gasteiger partial charge in [0.1, 0.15) is 0 Å². The van der Waals surface area contributed by atoms with Crippen molar-refractivity contribution in [2.45, 2.75) is 82.9 Å². The van der Waals surface area contributed by atoms with Crippen molar-refractivity contribution in [2.75, 3.05) is 0 Å². The van der Waals surface area contributed by atoms with Crippen LogP contribution in [0, 0.1) is 11.8 Å². The minimum absolute atomic E-state index is 0.0879. The molecule has 3 nitrogen and oxygen atoms in total. The van der Waals surface area contributed by atoms with Crippen molar-refractivity contribution in [1.82, 2.24) is 10.6 Å². The Balaban J connectivity index is 1.56. The van der Waals surface area contributed by atoms with Gasteiger partial charge in [-0.05, 0) is 74.6 Å². The molecule has 1 aromatic rings. The number of benzene rings is 1. The summed E-state index contributed by atoms with van der Waals surface area (Å²) in [4.78, 5) is 12.5. The zero-order valence-corrected chi connectivity index (χ0v) is 17.4. The number of carbonyl (C=O) groups excluding carboxylic acids is 1. The first-order valence-electron chi connectivity index (χ1n) is 10.7. The molecule has 0 aromatic heterocycles. The molecule has 2 atom stereocenters. The molecule has 0 saturated heterocycles. The fraction of sp³-hybridized carbons (Fsp3) is 0.682. The molecule has 1 amide bonds. The second-order valence-corrected chi connectivity index (χ2v) is 8.96. The van der Waals surface area contributed by atoms with Crippen molar-refractivity contribution in [3.63, 3.8) is 0 Å². The number of rotatable bonds is 5. The standard InChI is InChI=1S/C22H28F6N2O/c1-13-2-5-18(6-3-13)30-19-7-4-15(10-19)20(31)29-12-14-8-16(21(23,24)25)11-17(9-14)22(26,27)28/h8-9,11,13,15,18-19,30H,2-7,10,12H2,1H3,(H,29,31)/t13?,15-,18?,19+/m0/s1. The highest BCUT2D eigenvalue weighted by molar-refractivity contribution is 5.79. The van der Waals surface area contributed by atoms with Gasteiger partial charge in [-0.15, -0.1) is 0 Å². The van der Waals surface area contributed by atoms with Crippen LogP contribution in [0.15, 0.2) is 18.2 Å². The molecule has 0 aliphatic heterocycles. The lowest BCUT2D eigenvalue weighted by atomic mass is 9.87. The lowest BCUT2D eigenvalue weighted by molar-refractivity contribution is -0.143. The fourth-order valence-corrected chi connectivity index (χ4v) is 4.59. The van der Waals surface area contributed by atoms with Gasteiger partial charge in [0.15, 0.2) is 0 Å². The van der Waals surface area contributed by atoms with E-state index in [9.17, 15) is 31.1 Å². The molecule has 174 valence electrons. The summed E-state index contributed by atoms with van der Waals surface area (Å²) in [5, 5.41) is 6.14. The molecule has 0 bridgehead atoms. The molecule has 0 heterocycles. The van der Waals surface area contributed by atoms with Crippen LogP contribution in [0.3, 0.4) is 0 Å². The van der Waals surface area contributed by atoms with Crippen molar-refractivity contribution >= 4 is 5.91 Å². The normalized spacial score (nSPS) is 27.3. The summed E-state index contributed by atoms with van der Waals surface area (Å²) in [5.74, 6) is 0.134. The van der Waals surface area contributed by atoms with E-state index in [2.05, 4.69) is 17.6 Å².